The second-order valence-electron chi connectivity index (χ2n) is 3.67. The molecule has 0 fully saturated rings. The Labute approximate surface area is 100 Å². The van der Waals surface area contributed by atoms with Crippen LogP contribution in [0, 0.1) is 6.92 Å². The molecule has 3 N–H and O–H groups in total. The number of nitrogen functional groups attached to an aromatic ring is 1. The molecule has 2 aromatic rings. The highest BCUT2D eigenvalue weighted by Gasteiger charge is 2.01. The molecule has 0 saturated carbocycles. The van der Waals surface area contributed by atoms with Crippen molar-refractivity contribution in [1.82, 2.24) is 0 Å². The predicted octanol–water partition coefficient (Wildman–Crippen LogP) is 3.97. The topological polar surface area (TPSA) is 38.0 Å². The molecule has 0 radical (unpaired) electrons. The Morgan fingerprint density at radius 2 is 1.81 bits per heavy atom. The second kappa shape index (κ2) is 4.45. The Kier molecular flexibility index (Phi) is 3.02. The highest BCUT2D eigenvalue weighted by molar-refractivity contribution is 6.30. The minimum atomic E-state index is 0.733. The SMILES string of the molecule is Cc1cc(Cl)ccc1Nc1ccccc1N. The molecule has 0 heterocycles. The molecule has 2 nitrogen and oxygen atoms in total. The predicted molar refractivity (Wildman–Crippen MR) is 70.3 cm³/mol. The fourth-order valence-corrected chi connectivity index (χ4v) is 1.75. The van der Waals surface area contributed by atoms with Crippen LogP contribution in [-0.2, 0) is 0 Å². The van der Waals surface area contributed by atoms with E-state index in [0.717, 1.165) is 27.6 Å². The zero-order valence-corrected chi connectivity index (χ0v) is 9.75. The maximum atomic E-state index is 5.90. The molecule has 2 rings (SSSR count). The van der Waals surface area contributed by atoms with E-state index < -0.39 is 0 Å². The lowest BCUT2D eigenvalue weighted by atomic mass is 10.2. The first-order valence-electron chi connectivity index (χ1n) is 5.04. The monoisotopic (exact) mass is 232 g/mol. The molecule has 0 bridgehead atoms. The largest absolute Gasteiger partial charge is 0.397 e. The Hall–Kier alpha value is -1.67. The summed E-state index contributed by atoms with van der Waals surface area (Å²) in [5.74, 6) is 0. The van der Waals surface area contributed by atoms with Gasteiger partial charge in [0, 0.05) is 10.7 Å². The van der Waals surface area contributed by atoms with Gasteiger partial charge in [0.1, 0.15) is 0 Å². The molecule has 0 aliphatic rings. The average Bonchev–Trinajstić information content (AvgIpc) is 2.25. The summed E-state index contributed by atoms with van der Waals surface area (Å²) >= 11 is 5.90. The summed E-state index contributed by atoms with van der Waals surface area (Å²) in [5, 5.41) is 4.02. The number of aryl methyl sites for hydroxylation is 1. The third-order valence-electron chi connectivity index (χ3n) is 2.42. The lowest BCUT2D eigenvalue weighted by Gasteiger charge is -2.11. The Morgan fingerprint density at radius 3 is 2.50 bits per heavy atom. The summed E-state index contributed by atoms with van der Waals surface area (Å²) in [7, 11) is 0. The van der Waals surface area contributed by atoms with Crippen molar-refractivity contribution in [2.75, 3.05) is 11.1 Å². The van der Waals surface area contributed by atoms with Crippen LogP contribution in [0.4, 0.5) is 17.1 Å². The van der Waals surface area contributed by atoms with Crippen LogP contribution in [0.1, 0.15) is 5.56 Å². The van der Waals surface area contributed by atoms with E-state index in [1.54, 1.807) is 0 Å². The molecule has 0 aliphatic heterocycles. The van der Waals surface area contributed by atoms with E-state index in [4.69, 9.17) is 17.3 Å². The number of hydrogen-bond donors (Lipinski definition) is 2. The Morgan fingerprint density at radius 1 is 1.06 bits per heavy atom. The Bertz CT molecular complexity index is 509. The van der Waals surface area contributed by atoms with Gasteiger partial charge in [-0.05, 0) is 42.8 Å². The van der Waals surface area contributed by atoms with Crippen LogP contribution in [0.2, 0.25) is 5.02 Å². The fourth-order valence-electron chi connectivity index (χ4n) is 1.52. The van der Waals surface area contributed by atoms with Gasteiger partial charge in [-0.25, -0.2) is 0 Å². The highest BCUT2D eigenvalue weighted by atomic mass is 35.5. The van der Waals surface area contributed by atoms with Crippen LogP contribution in [-0.4, -0.2) is 0 Å². The van der Waals surface area contributed by atoms with E-state index in [9.17, 15) is 0 Å². The van der Waals surface area contributed by atoms with Gasteiger partial charge in [0.25, 0.3) is 0 Å². The van der Waals surface area contributed by atoms with Gasteiger partial charge in [0.15, 0.2) is 0 Å². The van der Waals surface area contributed by atoms with Gasteiger partial charge >= 0.3 is 0 Å². The van der Waals surface area contributed by atoms with E-state index in [2.05, 4.69) is 5.32 Å². The summed E-state index contributed by atoms with van der Waals surface area (Å²) < 4.78 is 0. The first-order chi connectivity index (χ1) is 7.66. The van der Waals surface area contributed by atoms with Crippen LogP contribution >= 0.6 is 11.6 Å². The molecular weight excluding hydrogens is 220 g/mol. The van der Waals surface area contributed by atoms with Gasteiger partial charge in [-0.1, -0.05) is 23.7 Å². The van der Waals surface area contributed by atoms with Gasteiger partial charge in [0.05, 0.1) is 11.4 Å². The van der Waals surface area contributed by atoms with Crippen LogP contribution < -0.4 is 11.1 Å². The molecule has 0 aliphatic carbocycles. The van der Waals surface area contributed by atoms with Crippen LogP contribution in [0.5, 0.6) is 0 Å². The zero-order valence-electron chi connectivity index (χ0n) is 9.00. The third-order valence-corrected chi connectivity index (χ3v) is 2.65. The number of rotatable bonds is 2. The molecular formula is C13H13ClN2. The Balaban J connectivity index is 2.31. The second-order valence-corrected chi connectivity index (χ2v) is 4.11. The number of nitrogens with one attached hydrogen (secondary N) is 1. The van der Waals surface area contributed by atoms with Crippen molar-refractivity contribution in [1.29, 1.82) is 0 Å². The van der Waals surface area contributed by atoms with Crippen molar-refractivity contribution in [2.24, 2.45) is 0 Å². The van der Waals surface area contributed by atoms with Crippen molar-refractivity contribution < 1.29 is 0 Å². The third kappa shape index (κ3) is 2.28. The van der Waals surface area contributed by atoms with E-state index in [0.29, 0.717) is 0 Å². The quantitative estimate of drug-likeness (QED) is 0.769. The molecule has 0 aromatic heterocycles. The molecule has 82 valence electrons. The molecule has 0 unspecified atom stereocenters. The maximum Gasteiger partial charge on any atom is 0.0617 e. The van der Waals surface area contributed by atoms with E-state index in [-0.39, 0.29) is 0 Å². The van der Waals surface area contributed by atoms with Crippen LogP contribution in [0.25, 0.3) is 0 Å². The van der Waals surface area contributed by atoms with Crippen molar-refractivity contribution in [3.05, 3.63) is 53.1 Å². The molecule has 0 spiro atoms. The zero-order chi connectivity index (χ0) is 11.5. The highest BCUT2D eigenvalue weighted by Crippen LogP contribution is 2.26. The van der Waals surface area contributed by atoms with Crippen molar-refractivity contribution in [2.45, 2.75) is 6.92 Å². The molecule has 16 heavy (non-hydrogen) atoms. The average molecular weight is 233 g/mol. The number of hydrogen-bond acceptors (Lipinski definition) is 2. The van der Waals surface area contributed by atoms with Gasteiger partial charge < -0.3 is 11.1 Å². The van der Waals surface area contributed by atoms with E-state index in [1.165, 1.54) is 0 Å². The van der Waals surface area contributed by atoms with E-state index >= 15 is 0 Å². The molecule has 0 atom stereocenters. The van der Waals surface area contributed by atoms with Crippen LogP contribution in [0.3, 0.4) is 0 Å². The maximum absolute atomic E-state index is 5.90. The minimum absolute atomic E-state index is 0.733. The van der Waals surface area contributed by atoms with Crippen molar-refractivity contribution in [3.63, 3.8) is 0 Å². The minimum Gasteiger partial charge on any atom is -0.397 e. The number of halogens is 1. The van der Waals surface area contributed by atoms with Crippen molar-refractivity contribution >= 4 is 28.7 Å². The molecule has 0 saturated heterocycles. The van der Waals surface area contributed by atoms with Crippen LogP contribution in [0.15, 0.2) is 42.5 Å². The lowest BCUT2D eigenvalue weighted by Crippen LogP contribution is -1.97. The van der Waals surface area contributed by atoms with E-state index in [1.807, 2.05) is 49.4 Å². The lowest BCUT2D eigenvalue weighted by molar-refractivity contribution is 1.43. The van der Waals surface area contributed by atoms with Gasteiger partial charge in [0.2, 0.25) is 0 Å². The molecule has 0 amide bonds. The van der Waals surface area contributed by atoms with Gasteiger partial charge in [-0.3, -0.25) is 0 Å². The summed E-state index contributed by atoms with van der Waals surface area (Å²) in [6, 6.07) is 13.4. The number of anilines is 3. The van der Waals surface area contributed by atoms with Gasteiger partial charge in [-0.2, -0.15) is 0 Å². The number of para-hydroxylation sites is 2. The molecule has 3 heteroatoms. The first-order valence-corrected chi connectivity index (χ1v) is 5.42. The molecule has 2 aromatic carbocycles. The fraction of sp³-hybridized carbons (Fsp3) is 0.0769. The van der Waals surface area contributed by atoms with Gasteiger partial charge in [-0.15, -0.1) is 0 Å². The smallest absolute Gasteiger partial charge is 0.0617 e. The standard InChI is InChI=1S/C13H13ClN2/c1-9-8-10(14)6-7-12(9)16-13-5-3-2-4-11(13)15/h2-8,16H,15H2,1H3. The first kappa shape index (κ1) is 10.8. The summed E-state index contributed by atoms with van der Waals surface area (Å²) in [5.41, 5.74) is 9.61. The summed E-state index contributed by atoms with van der Waals surface area (Å²) in [6.07, 6.45) is 0. The van der Waals surface area contributed by atoms with Crippen molar-refractivity contribution in [3.8, 4) is 0 Å². The number of benzene rings is 2. The number of nitrogens with two attached hydrogens (primary N) is 1. The summed E-state index contributed by atoms with van der Waals surface area (Å²) in [6.45, 7) is 2.01. The summed E-state index contributed by atoms with van der Waals surface area (Å²) in [4.78, 5) is 0. The normalized spacial score (nSPS) is 10.1.